The highest BCUT2D eigenvalue weighted by atomic mass is 16.2. The zero-order chi connectivity index (χ0) is 9.84. The number of nitrogens with one attached hydrogen (secondary N) is 2. The molecule has 1 rings (SSSR count). The van der Waals surface area contributed by atoms with Gasteiger partial charge in [0.1, 0.15) is 0 Å². The van der Waals surface area contributed by atoms with Gasteiger partial charge in [-0.05, 0) is 25.9 Å². The fourth-order valence-electron chi connectivity index (χ4n) is 1.68. The molecule has 2 unspecified atom stereocenters. The lowest BCUT2D eigenvalue weighted by Gasteiger charge is -2.17. The van der Waals surface area contributed by atoms with Gasteiger partial charge in [-0.25, -0.2) is 5.43 Å². The molecule has 0 aromatic carbocycles. The van der Waals surface area contributed by atoms with Gasteiger partial charge in [-0.3, -0.25) is 10.2 Å². The molecule has 4 N–H and O–H groups in total. The van der Waals surface area contributed by atoms with Crippen LogP contribution in [0.2, 0.25) is 0 Å². The van der Waals surface area contributed by atoms with Crippen molar-refractivity contribution in [1.29, 1.82) is 0 Å². The lowest BCUT2D eigenvalue weighted by Crippen LogP contribution is -2.49. The van der Waals surface area contributed by atoms with Crippen molar-refractivity contribution >= 4 is 5.91 Å². The fraction of sp³-hybridized carbons (Fsp3) is 0.875. The second-order valence-electron chi connectivity index (χ2n) is 3.58. The van der Waals surface area contributed by atoms with Gasteiger partial charge < -0.3 is 10.6 Å². The number of rotatable bonds is 3. The molecule has 0 spiro atoms. The molecule has 0 aliphatic carbocycles. The van der Waals surface area contributed by atoms with Crippen LogP contribution in [0, 0.1) is 5.92 Å². The summed E-state index contributed by atoms with van der Waals surface area (Å²) < 4.78 is 0. The third-order valence-electron chi connectivity index (χ3n) is 2.49. The highest BCUT2D eigenvalue weighted by Gasteiger charge is 2.29. The summed E-state index contributed by atoms with van der Waals surface area (Å²) in [6.07, 6.45) is 1.01. The first-order chi connectivity index (χ1) is 6.15. The average molecular weight is 186 g/mol. The standard InChI is InChI=1S/C8H18N4O/c1-10-11-8(13)7(9)6-3-4-12(2)5-6/h6-7,10H,3-5,9H2,1-2H3,(H,11,13). The number of hydrazine groups is 1. The van der Waals surface area contributed by atoms with E-state index in [1.165, 1.54) is 0 Å². The third-order valence-corrected chi connectivity index (χ3v) is 2.49. The molecule has 1 fully saturated rings. The Bertz CT molecular complexity index is 185. The van der Waals surface area contributed by atoms with E-state index < -0.39 is 6.04 Å². The van der Waals surface area contributed by atoms with Gasteiger partial charge in [-0.2, -0.15) is 0 Å². The Morgan fingerprint density at radius 3 is 2.85 bits per heavy atom. The summed E-state index contributed by atoms with van der Waals surface area (Å²) in [7, 11) is 3.70. The summed E-state index contributed by atoms with van der Waals surface area (Å²) in [4.78, 5) is 13.5. The lowest BCUT2D eigenvalue weighted by atomic mass is 9.99. The molecular formula is C8H18N4O. The summed E-state index contributed by atoms with van der Waals surface area (Å²) in [5, 5.41) is 0. The second kappa shape index (κ2) is 4.55. The summed E-state index contributed by atoms with van der Waals surface area (Å²) in [6.45, 7) is 1.95. The van der Waals surface area contributed by atoms with E-state index in [0.717, 1.165) is 19.5 Å². The van der Waals surface area contributed by atoms with Crippen molar-refractivity contribution < 1.29 is 4.79 Å². The second-order valence-corrected chi connectivity index (χ2v) is 3.58. The van der Waals surface area contributed by atoms with Crippen LogP contribution in [0.4, 0.5) is 0 Å². The molecule has 2 atom stereocenters. The molecule has 1 aliphatic rings. The molecule has 1 aliphatic heterocycles. The minimum absolute atomic E-state index is 0.122. The number of amides is 1. The highest BCUT2D eigenvalue weighted by Crippen LogP contribution is 2.16. The summed E-state index contributed by atoms with van der Waals surface area (Å²) in [6, 6.07) is -0.391. The third kappa shape index (κ3) is 2.65. The molecule has 0 saturated carbocycles. The van der Waals surface area contributed by atoms with Crippen LogP contribution in [-0.4, -0.2) is 44.0 Å². The fourth-order valence-corrected chi connectivity index (χ4v) is 1.68. The van der Waals surface area contributed by atoms with E-state index in [9.17, 15) is 4.79 Å². The maximum absolute atomic E-state index is 11.3. The van der Waals surface area contributed by atoms with Crippen LogP contribution in [0.3, 0.4) is 0 Å². The van der Waals surface area contributed by atoms with E-state index in [-0.39, 0.29) is 5.91 Å². The van der Waals surface area contributed by atoms with Crippen molar-refractivity contribution in [3.63, 3.8) is 0 Å². The Balaban J connectivity index is 2.38. The molecular weight excluding hydrogens is 168 g/mol. The smallest absolute Gasteiger partial charge is 0.251 e. The first-order valence-corrected chi connectivity index (χ1v) is 4.56. The molecule has 5 heteroatoms. The van der Waals surface area contributed by atoms with Gasteiger partial charge in [0, 0.05) is 13.6 Å². The summed E-state index contributed by atoms with van der Waals surface area (Å²) >= 11 is 0. The normalized spacial score (nSPS) is 25.9. The molecule has 1 saturated heterocycles. The van der Waals surface area contributed by atoms with Gasteiger partial charge in [-0.15, -0.1) is 0 Å². The molecule has 0 bridgehead atoms. The van der Waals surface area contributed by atoms with Crippen LogP contribution in [0.1, 0.15) is 6.42 Å². The zero-order valence-electron chi connectivity index (χ0n) is 8.21. The van der Waals surface area contributed by atoms with E-state index in [1.54, 1.807) is 7.05 Å². The van der Waals surface area contributed by atoms with Crippen LogP contribution in [0.5, 0.6) is 0 Å². The van der Waals surface area contributed by atoms with Gasteiger partial charge in [0.05, 0.1) is 6.04 Å². The molecule has 0 radical (unpaired) electrons. The zero-order valence-corrected chi connectivity index (χ0v) is 8.21. The molecule has 76 valence electrons. The first kappa shape index (κ1) is 10.4. The van der Waals surface area contributed by atoms with E-state index in [2.05, 4.69) is 15.8 Å². The van der Waals surface area contributed by atoms with Gasteiger partial charge in [0.2, 0.25) is 0 Å². The Kier molecular flexibility index (Phi) is 3.65. The monoisotopic (exact) mass is 186 g/mol. The number of carbonyl (C=O) groups is 1. The largest absolute Gasteiger partial charge is 0.320 e. The number of carbonyl (C=O) groups excluding carboxylic acids is 1. The number of hydrogen-bond donors (Lipinski definition) is 3. The molecule has 1 heterocycles. The predicted molar refractivity (Wildman–Crippen MR) is 50.8 cm³/mol. The Morgan fingerprint density at radius 2 is 2.38 bits per heavy atom. The molecule has 1 amide bonds. The first-order valence-electron chi connectivity index (χ1n) is 4.56. The summed E-state index contributed by atoms with van der Waals surface area (Å²) in [5.41, 5.74) is 10.9. The minimum Gasteiger partial charge on any atom is -0.320 e. The topological polar surface area (TPSA) is 70.4 Å². The van der Waals surface area contributed by atoms with Gasteiger partial charge >= 0.3 is 0 Å². The lowest BCUT2D eigenvalue weighted by molar-refractivity contribution is -0.124. The predicted octanol–water partition coefficient (Wildman–Crippen LogP) is -1.48. The Hall–Kier alpha value is -0.650. The highest BCUT2D eigenvalue weighted by molar-refractivity contribution is 5.81. The van der Waals surface area contributed by atoms with Crippen molar-refractivity contribution in [1.82, 2.24) is 15.8 Å². The minimum atomic E-state index is -0.391. The van der Waals surface area contributed by atoms with Crippen LogP contribution in [0.15, 0.2) is 0 Å². The van der Waals surface area contributed by atoms with E-state index in [0.29, 0.717) is 5.92 Å². The SMILES string of the molecule is CNNC(=O)C(N)C1CCN(C)C1. The Labute approximate surface area is 78.6 Å². The van der Waals surface area contributed by atoms with Gasteiger partial charge in [0.15, 0.2) is 0 Å². The van der Waals surface area contributed by atoms with Crippen molar-refractivity contribution in [2.75, 3.05) is 27.2 Å². The number of hydrogen-bond acceptors (Lipinski definition) is 4. The van der Waals surface area contributed by atoms with Crippen LogP contribution in [-0.2, 0) is 4.79 Å². The van der Waals surface area contributed by atoms with Gasteiger partial charge in [-0.1, -0.05) is 0 Å². The van der Waals surface area contributed by atoms with Crippen molar-refractivity contribution in [2.45, 2.75) is 12.5 Å². The molecule has 0 aromatic rings. The van der Waals surface area contributed by atoms with Crippen molar-refractivity contribution in [2.24, 2.45) is 11.7 Å². The molecule has 5 nitrogen and oxygen atoms in total. The summed E-state index contributed by atoms with van der Waals surface area (Å²) in [5.74, 6) is 0.168. The maximum Gasteiger partial charge on any atom is 0.251 e. The van der Waals surface area contributed by atoms with Gasteiger partial charge in [0.25, 0.3) is 5.91 Å². The quantitative estimate of drug-likeness (QED) is 0.470. The number of nitrogens with zero attached hydrogens (tertiary/aromatic N) is 1. The van der Waals surface area contributed by atoms with Crippen LogP contribution < -0.4 is 16.6 Å². The Morgan fingerprint density at radius 1 is 1.69 bits per heavy atom. The number of likely N-dealkylation sites (tertiary alicyclic amines) is 1. The van der Waals surface area contributed by atoms with E-state index >= 15 is 0 Å². The van der Waals surface area contributed by atoms with Crippen molar-refractivity contribution in [3.05, 3.63) is 0 Å². The van der Waals surface area contributed by atoms with Crippen molar-refractivity contribution in [3.8, 4) is 0 Å². The van der Waals surface area contributed by atoms with E-state index in [4.69, 9.17) is 5.73 Å². The molecule has 0 aromatic heterocycles. The van der Waals surface area contributed by atoms with E-state index in [1.807, 2.05) is 7.05 Å². The average Bonchev–Trinajstić information content (AvgIpc) is 2.51. The molecule has 13 heavy (non-hydrogen) atoms. The van der Waals surface area contributed by atoms with Crippen LogP contribution in [0.25, 0.3) is 0 Å². The maximum atomic E-state index is 11.3. The number of nitrogens with two attached hydrogens (primary N) is 1. The van der Waals surface area contributed by atoms with Crippen LogP contribution >= 0.6 is 0 Å².